The summed E-state index contributed by atoms with van der Waals surface area (Å²) in [5, 5.41) is 4.20. The molecule has 2 N–H and O–H groups in total. The fraction of sp³-hybridized carbons (Fsp3) is 0.346. The van der Waals surface area contributed by atoms with Gasteiger partial charge in [-0.05, 0) is 55.3 Å². The molecule has 0 saturated carbocycles. The highest BCUT2D eigenvalue weighted by Crippen LogP contribution is 2.31. The van der Waals surface area contributed by atoms with Gasteiger partial charge in [-0.25, -0.2) is 0 Å². The van der Waals surface area contributed by atoms with Crippen molar-refractivity contribution in [3.63, 3.8) is 0 Å². The van der Waals surface area contributed by atoms with Crippen LogP contribution in [0.15, 0.2) is 54.7 Å². The number of hydrogen-bond acceptors (Lipinski definition) is 3. The normalized spacial score (nSPS) is 14.5. The molecule has 1 aliphatic rings. The molecule has 0 saturated heterocycles. The number of aromatic amines is 1. The van der Waals surface area contributed by atoms with Crippen LogP contribution in [0.25, 0.3) is 16.5 Å². The number of para-hydroxylation sites is 1. The lowest BCUT2D eigenvalue weighted by molar-refractivity contribution is 0.102. The minimum absolute atomic E-state index is 0.154. The Bertz CT molecular complexity index is 1080. The monoisotopic (exact) mass is 417 g/mol. The van der Waals surface area contributed by atoms with E-state index in [0.717, 1.165) is 55.5 Å². The number of carbonyl (C=O) groups is 1. The third-order valence-electron chi connectivity index (χ3n) is 5.91. The molecule has 2 aromatic carbocycles. The van der Waals surface area contributed by atoms with Crippen LogP contribution in [0.1, 0.15) is 49.0 Å². The largest absolute Gasteiger partial charge is 0.493 e. The Labute approximate surface area is 184 Å². The van der Waals surface area contributed by atoms with E-state index in [1.54, 1.807) is 0 Å². The van der Waals surface area contributed by atoms with Gasteiger partial charge in [0.25, 0.3) is 5.91 Å². The summed E-state index contributed by atoms with van der Waals surface area (Å²) >= 11 is 0. The molecule has 1 aliphatic heterocycles. The zero-order chi connectivity index (χ0) is 21.6. The van der Waals surface area contributed by atoms with E-state index in [1.165, 1.54) is 11.1 Å². The van der Waals surface area contributed by atoms with Gasteiger partial charge in [-0.3, -0.25) is 9.69 Å². The van der Waals surface area contributed by atoms with Gasteiger partial charge in [0.15, 0.2) is 0 Å². The van der Waals surface area contributed by atoms with Crippen LogP contribution in [0.4, 0.5) is 5.69 Å². The lowest BCUT2D eigenvalue weighted by atomic mass is 9.98. The van der Waals surface area contributed by atoms with E-state index in [-0.39, 0.29) is 5.91 Å². The molecular weight excluding hydrogens is 386 g/mol. The molecule has 31 heavy (non-hydrogen) atoms. The maximum absolute atomic E-state index is 13.0. The number of carbonyl (C=O) groups excluding carboxylic acids is 1. The highest BCUT2D eigenvalue weighted by atomic mass is 16.5. The standard InChI is InChI=1S/C26H31N3O2/c1-3-5-16-31-25-9-7-6-8-21(25)26(30)28-20-10-11-24-22(17-20)23(18-27-24)19-12-14-29(4-2)15-13-19/h6-12,17-18,27H,3-5,13-16H2,1-2H3,(H,28,30). The molecule has 0 fully saturated rings. The SMILES string of the molecule is CCCCOc1ccccc1C(=O)Nc1ccc2[nH]cc(C3=CCN(CC)CC3)c2c1. The number of nitrogens with zero attached hydrogens (tertiary/aromatic N) is 1. The lowest BCUT2D eigenvalue weighted by Crippen LogP contribution is -2.27. The van der Waals surface area contributed by atoms with Crippen molar-refractivity contribution in [3.8, 4) is 5.75 Å². The number of H-pyrrole nitrogens is 1. The predicted molar refractivity (Wildman–Crippen MR) is 128 cm³/mol. The quantitative estimate of drug-likeness (QED) is 0.462. The number of likely N-dealkylation sites (N-methyl/N-ethyl adjacent to an activating group) is 1. The second-order valence-electron chi connectivity index (χ2n) is 7.99. The molecule has 0 spiro atoms. The lowest BCUT2D eigenvalue weighted by Gasteiger charge is -2.24. The Balaban J connectivity index is 1.55. The van der Waals surface area contributed by atoms with E-state index >= 15 is 0 Å². The van der Waals surface area contributed by atoms with Crippen LogP contribution < -0.4 is 10.1 Å². The predicted octanol–water partition coefficient (Wildman–Crippen LogP) is 5.71. The van der Waals surface area contributed by atoms with Gasteiger partial charge < -0.3 is 15.0 Å². The van der Waals surface area contributed by atoms with E-state index in [9.17, 15) is 4.79 Å². The Morgan fingerprint density at radius 2 is 2.06 bits per heavy atom. The van der Waals surface area contributed by atoms with Crippen molar-refractivity contribution < 1.29 is 9.53 Å². The summed E-state index contributed by atoms with van der Waals surface area (Å²) in [6.45, 7) is 8.09. The first-order valence-corrected chi connectivity index (χ1v) is 11.3. The van der Waals surface area contributed by atoms with Crippen LogP contribution >= 0.6 is 0 Å². The van der Waals surface area contributed by atoms with E-state index in [0.29, 0.717) is 17.9 Å². The molecule has 0 aliphatic carbocycles. The number of aromatic nitrogens is 1. The van der Waals surface area contributed by atoms with Crippen molar-refractivity contribution in [2.75, 3.05) is 31.6 Å². The number of anilines is 1. The average molecular weight is 418 g/mol. The molecule has 4 rings (SSSR count). The highest BCUT2D eigenvalue weighted by Gasteiger charge is 2.16. The first-order valence-electron chi connectivity index (χ1n) is 11.3. The van der Waals surface area contributed by atoms with Crippen molar-refractivity contribution in [3.05, 3.63) is 65.9 Å². The second-order valence-corrected chi connectivity index (χ2v) is 7.99. The molecule has 3 aromatic rings. The summed E-state index contributed by atoms with van der Waals surface area (Å²) < 4.78 is 5.83. The summed E-state index contributed by atoms with van der Waals surface area (Å²) in [5.74, 6) is 0.476. The number of nitrogens with one attached hydrogen (secondary N) is 2. The summed E-state index contributed by atoms with van der Waals surface area (Å²) in [7, 11) is 0. The Morgan fingerprint density at radius 1 is 1.19 bits per heavy atom. The molecule has 162 valence electrons. The van der Waals surface area contributed by atoms with Gasteiger partial charge in [0.1, 0.15) is 5.75 Å². The van der Waals surface area contributed by atoms with Crippen LogP contribution in [-0.2, 0) is 0 Å². The van der Waals surface area contributed by atoms with E-state index in [4.69, 9.17) is 4.74 Å². The Morgan fingerprint density at radius 3 is 2.84 bits per heavy atom. The van der Waals surface area contributed by atoms with Crippen molar-refractivity contribution in [1.82, 2.24) is 9.88 Å². The zero-order valence-electron chi connectivity index (χ0n) is 18.4. The van der Waals surface area contributed by atoms with Crippen molar-refractivity contribution >= 4 is 28.1 Å². The first kappa shape index (κ1) is 21.2. The average Bonchev–Trinajstić information content (AvgIpc) is 3.23. The maximum atomic E-state index is 13.0. The molecule has 5 nitrogen and oxygen atoms in total. The second kappa shape index (κ2) is 9.84. The zero-order valence-corrected chi connectivity index (χ0v) is 18.4. The van der Waals surface area contributed by atoms with E-state index in [1.807, 2.05) is 36.4 Å². The Hall–Kier alpha value is -3.05. The molecule has 0 radical (unpaired) electrons. The van der Waals surface area contributed by atoms with Gasteiger partial charge in [0.05, 0.1) is 12.2 Å². The molecule has 0 unspecified atom stereocenters. The molecule has 2 heterocycles. The summed E-state index contributed by atoms with van der Waals surface area (Å²) in [6, 6.07) is 13.5. The van der Waals surface area contributed by atoms with Crippen molar-refractivity contribution in [1.29, 1.82) is 0 Å². The number of ether oxygens (including phenoxy) is 1. The summed E-state index contributed by atoms with van der Waals surface area (Å²) in [5.41, 5.74) is 5.02. The molecule has 0 atom stereocenters. The van der Waals surface area contributed by atoms with Gasteiger partial charge in [-0.1, -0.05) is 38.5 Å². The fourth-order valence-corrected chi connectivity index (χ4v) is 4.01. The molecular formula is C26H31N3O2. The fourth-order valence-electron chi connectivity index (χ4n) is 4.01. The van der Waals surface area contributed by atoms with Crippen LogP contribution in [-0.4, -0.2) is 42.0 Å². The number of hydrogen-bond donors (Lipinski definition) is 2. The number of rotatable bonds is 8. The van der Waals surface area contributed by atoms with Crippen LogP contribution in [0.5, 0.6) is 5.75 Å². The molecule has 1 aromatic heterocycles. The number of amides is 1. The Kier molecular flexibility index (Phi) is 6.73. The number of fused-ring (bicyclic) bond motifs is 1. The smallest absolute Gasteiger partial charge is 0.259 e. The minimum Gasteiger partial charge on any atom is -0.493 e. The van der Waals surface area contributed by atoms with Gasteiger partial charge in [0, 0.05) is 41.4 Å². The molecule has 1 amide bonds. The number of unbranched alkanes of at least 4 members (excludes halogenated alkanes) is 1. The van der Waals surface area contributed by atoms with Gasteiger partial charge in [0.2, 0.25) is 0 Å². The summed E-state index contributed by atoms with van der Waals surface area (Å²) in [4.78, 5) is 18.8. The van der Waals surface area contributed by atoms with E-state index < -0.39 is 0 Å². The van der Waals surface area contributed by atoms with Gasteiger partial charge in [-0.15, -0.1) is 0 Å². The van der Waals surface area contributed by atoms with Gasteiger partial charge >= 0.3 is 0 Å². The maximum Gasteiger partial charge on any atom is 0.259 e. The van der Waals surface area contributed by atoms with E-state index in [2.05, 4.69) is 47.4 Å². The van der Waals surface area contributed by atoms with Crippen LogP contribution in [0.3, 0.4) is 0 Å². The first-order chi connectivity index (χ1) is 15.2. The summed E-state index contributed by atoms with van der Waals surface area (Å²) in [6.07, 6.45) is 7.47. The molecule has 0 bridgehead atoms. The van der Waals surface area contributed by atoms with Crippen LogP contribution in [0, 0.1) is 0 Å². The number of benzene rings is 2. The third kappa shape index (κ3) is 4.83. The minimum atomic E-state index is -0.154. The van der Waals surface area contributed by atoms with Crippen LogP contribution in [0.2, 0.25) is 0 Å². The van der Waals surface area contributed by atoms with Gasteiger partial charge in [-0.2, -0.15) is 0 Å². The van der Waals surface area contributed by atoms with Crippen molar-refractivity contribution in [2.24, 2.45) is 0 Å². The highest BCUT2D eigenvalue weighted by molar-refractivity contribution is 6.07. The molecule has 5 heteroatoms. The topological polar surface area (TPSA) is 57.4 Å². The third-order valence-corrected chi connectivity index (χ3v) is 5.91. The van der Waals surface area contributed by atoms with Crippen molar-refractivity contribution in [2.45, 2.75) is 33.1 Å².